The highest BCUT2D eigenvalue weighted by molar-refractivity contribution is 6.30. The maximum absolute atomic E-state index is 12.6. The average Bonchev–Trinajstić information content (AvgIpc) is 2.55. The molecule has 22 heavy (non-hydrogen) atoms. The number of morpholine rings is 1. The van der Waals surface area contributed by atoms with Crippen molar-refractivity contribution < 1.29 is 9.53 Å². The number of likely N-dealkylation sites (tertiary alicyclic amines) is 1. The summed E-state index contributed by atoms with van der Waals surface area (Å²) < 4.78 is 5.40. The minimum atomic E-state index is 0.106. The summed E-state index contributed by atoms with van der Waals surface area (Å²) in [6, 6.07) is 7.25. The van der Waals surface area contributed by atoms with Gasteiger partial charge in [-0.15, -0.1) is 0 Å². The monoisotopic (exact) mass is 322 g/mol. The van der Waals surface area contributed by atoms with Crippen LogP contribution in [0.5, 0.6) is 0 Å². The van der Waals surface area contributed by atoms with Crippen molar-refractivity contribution in [3.63, 3.8) is 0 Å². The van der Waals surface area contributed by atoms with E-state index in [4.69, 9.17) is 16.3 Å². The van der Waals surface area contributed by atoms with Gasteiger partial charge >= 0.3 is 0 Å². The van der Waals surface area contributed by atoms with Gasteiger partial charge in [-0.05, 0) is 37.0 Å². The fraction of sp³-hybridized carbons (Fsp3) is 0.588. The lowest BCUT2D eigenvalue weighted by Crippen LogP contribution is -2.46. The van der Waals surface area contributed by atoms with Gasteiger partial charge in [-0.25, -0.2) is 0 Å². The Kier molecular flexibility index (Phi) is 5.34. The van der Waals surface area contributed by atoms with Crippen molar-refractivity contribution in [1.29, 1.82) is 0 Å². The van der Waals surface area contributed by atoms with E-state index >= 15 is 0 Å². The lowest BCUT2D eigenvalue weighted by atomic mass is 9.96. The molecule has 1 atom stereocenters. The van der Waals surface area contributed by atoms with Gasteiger partial charge in [0.1, 0.15) is 0 Å². The van der Waals surface area contributed by atoms with Gasteiger partial charge in [-0.1, -0.05) is 17.7 Å². The number of amides is 1. The van der Waals surface area contributed by atoms with E-state index in [0.29, 0.717) is 16.5 Å². The minimum absolute atomic E-state index is 0.106. The molecule has 2 heterocycles. The number of halogens is 1. The maximum Gasteiger partial charge on any atom is 0.253 e. The van der Waals surface area contributed by atoms with Crippen LogP contribution in [0.15, 0.2) is 24.3 Å². The molecular formula is C17H23ClN2O2. The molecule has 2 saturated heterocycles. The molecule has 1 amide bonds. The first-order chi connectivity index (χ1) is 10.7. The molecule has 0 aromatic heterocycles. The Labute approximate surface area is 137 Å². The molecule has 1 aromatic rings. The van der Waals surface area contributed by atoms with Crippen molar-refractivity contribution >= 4 is 17.5 Å². The van der Waals surface area contributed by atoms with Gasteiger partial charge in [-0.3, -0.25) is 9.69 Å². The van der Waals surface area contributed by atoms with E-state index in [1.165, 1.54) is 6.42 Å². The second-order valence-corrected chi connectivity index (χ2v) is 6.62. The predicted molar refractivity (Wildman–Crippen MR) is 87.3 cm³/mol. The third kappa shape index (κ3) is 4.00. The average molecular weight is 323 g/mol. The summed E-state index contributed by atoms with van der Waals surface area (Å²) >= 11 is 6.00. The number of nitrogens with zero attached hydrogens (tertiary/aromatic N) is 2. The molecule has 0 spiro atoms. The van der Waals surface area contributed by atoms with Crippen LogP contribution < -0.4 is 0 Å². The highest BCUT2D eigenvalue weighted by Gasteiger charge is 2.26. The molecule has 0 N–H and O–H groups in total. The minimum Gasteiger partial charge on any atom is -0.379 e. The van der Waals surface area contributed by atoms with Gasteiger partial charge in [0.25, 0.3) is 5.91 Å². The molecule has 4 nitrogen and oxygen atoms in total. The largest absolute Gasteiger partial charge is 0.379 e. The van der Waals surface area contributed by atoms with E-state index in [-0.39, 0.29) is 5.91 Å². The quantitative estimate of drug-likeness (QED) is 0.857. The van der Waals surface area contributed by atoms with Crippen LogP contribution in [0.4, 0.5) is 0 Å². The van der Waals surface area contributed by atoms with Crippen LogP contribution in [0, 0.1) is 5.92 Å². The third-order valence-corrected chi connectivity index (χ3v) is 4.73. The first kappa shape index (κ1) is 15.8. The van der Waals surface area contributed by atoms with Crippen molar-refractivity contribution in [3.05, 3.63) is 34.9 Å². The number of piperidine rings is 1. The van der Waals surface area contributed by atoms with E-state index in [2.05, 4.69) is 4.90 Å². The zero-order valence-electron chi connectivity index (χ0n) is 12.8. The smallest absolute Gasteiger partial charge is 0.253 e. The van der Waals surface area contributed by atoms with Gasteiger partial charge < -0.3 is 9.64 Å². The Morgan fingerprint density at radius 3 is 2.86 bits per heavy atom. The molecule has 3 rings (SSSR count). The highest BCUT2D eigenvalue weighted by atomic mass is 35.5. The Bertz CT molecular complexity index is 517. The topological polar surface area (TPSA) is 32.8 Å². The summed E-state index contributed by atoms with van der Waals surface area (Å²) in [5, 5.41) is 0.618. The highest BCUT2D eigenvalue weighted by Crippen LogP contribution is 2.21. The van der Waals surface area contributed by atoms with Crippen molar-refractivity contribution in [2.24, 2.45) is 5.92 Å². The van der Waals surface area contributed by atoms with Gasteiger partial charge in [0.15, 0.2) is 0 Å². The fourth-order valence-electron chi connectivity index (χ4n) is 3.35. The van der Waals surface area contributed by atoms with Crippen LogP contribution in [0.2, 0.25) is 5.02 Å². The van der Waals surface area contributed by atoms with E-state index in [1.54, 1.807) is 12.1 Å². The number of benzene rings is 1. The van der Waals surface area contributed by atoms with Crippen molar-refractivity contribution in [2.45, 2.75) is 12.8 Å². The summed E-state index contributed by atoms with van der Waals surface area (Å²) in [5.74, 6) is 0.671. The number of rotatable bonds is 3. The van der Waals surface area contributed by atoms with Crippen LogP contribution in [-0.2, 0) is 4.74 Å². The molecule has 120 valence electrons. The second kappa shape index (κ2) is 7.44. The molecule has 0 bridgehead atoms. The number of hydrogen-bond donors (Lipinski definition) is 0. The summed E-state index contributed by atoms with van der Waals surface area (Å²) in [4.78, 5) is 17.1. The maximum atomic E-state index is 12.6. The fourth-order valence-corrected chi connectivity index (χ4v) is 3.54. The zero-order valence-corrected chi connectivity index (χ0v) is 13.6. The Morgan fingerprint density at radius 1 is 1.27 bits per heavy atom. The summed E-state index contributed by atoms with van der Waals surface area (Å²) in [6.07, 6.45) is 2.29. The molecule has 5 heteroatoms. The van der Waals surface area contributed by atoms with Crippen LogP contribution >= 0.6 is 11.6 Å². The molecule has 1 unspecified atom stereocenters. The predicted octanol–water partition coefficient (Wildman–Crippen LogP) is 2.52. The Balaban J connectivity index is 1.58. The van der Waals surface area contributed by atoms with Crippen molar-refractivity contribution in [3.8, 4) is 0 Å². The van der Waals surface area contributed by atoms with Gasteiger partial charge in [0, 0.05) is 43.3 Å². The Hall–Kier alpha value is -1.10. The molecule has 2 fully saturated rings. The van der Waals surface area contributed by atoms with Gasteiger partial charge in [-0.2, -0.15) is 0 Å². The van der Waals surface area contributed by atoms with Crippen molar-refractivity contribution in [1.82, 2.24) is 9.80 Å². The molecular weight excluding hydrogens is 300 g/mol. The number of carbonyl (C=O) groups excluding carboxylic acids is 1. The van der Waals surface area contributed by atoms with E-state index in [9.17, 15) is 4.79 Å². The lowest BCUT2D eigenvalue weighted by molar-refractivity contribution is 0.0224. The van der Waals surface area contributed by atoms with Gasteiger partial charge in [0.2, 0.25) is 0 Å². The van der Waals surface area contributed by atoms with Crippen LogP contribution in [-0.4, -0.2) is 61.6 Å². The summed E-state index contributed by atoms with van der Waals surface area (Å²) in [5.41, 5.74) is 0.694. The normalized spacial score (nSPS) is 23.5. The first-order valence-corrected chi connectivity index (χ1v) is 8.45. The SMILES string of the molecule is O=C(c1cccc(Cl)c1)N1CCCC(CN2CCOCC2)C1. The molecule has 2 aliphatic rings. The summed E-state index contributed by atoms with van der Waals surface area (Å²) in [7, 11) is 0. The van der Waals surface area contributed by atoms with E-state index < -0.39 is 0 Å². The standard InChI is InChI=1S/C17H23ClN2O2/c18-16-5-1-4-15(11-16)17(21)20-6-2-3-14(13-20)12-19-7-9-22-10-8-19/h1,4-5,11,14H,2-3,6-10,12-13H2. The summed E-state index contributed by atoms with van der Waals surface area (Å²) in [6.45, 7) is 6.46. The number of hydrogen-bond acceptors (Lipinski definition) is 3. The first-order valence-electron chi connectivity index (χ1n) is 8.07. The van der Waals surface area contributed by atoms with Crippen molar-refractivity contribution in [2.75, 3.05) is 45.9 Å². The molecule has 0 saturated carbocycles. The molecule has 1 aromatic carbocycles. The van der Waals surface area contributed by atoms with Crippen LogP contribution in [0.1, 0.15) is 23.2 Å². The lowest BCUT2D eigenvalue weighted by Gasteiger charge is -2.36. The molecule has 0 aliphatic carbocycles. The second-order valence-electron chi connectivity index (χ2n) is 6.18. The third-order valence-electron chi connectivity index (χ3n) is 4.50. The van der Waals surface area contributed by atoms with E-state index in [0.717, 1.165) is 52.4 Å². The van der Waals surface area contributed by atoms with Gasteiger partial charge in [0.05, 0.1) is 13.2 Å². The molecule has 0 radical (unpaired) electrons. The Morgan fingerprint density at radius 2 is 2.09 bits per heavy atom. The van der Waals surface area contributed by atoms with Crippen LogP contribution in [0.25, 0.3) is 0 Å². The number of ether oxygens (including phenoxy) is 1. The number of carbonyl (C=O) groups is 1. The van der Waals surface area contributed by atoms with E-state index in [1.807, 2.05) is 17.0 Å². The zero-order chi connectivity index (χ0) is 15.4. The molecule has 2 aliphatic heterocycles. The van der Waals surface area contributed by atoms with Crippen LogP contribution in [0.3, 0.4) is 0 Å².